The average molecular weight is 140 g/mol. The van der Waals surface area contributed by atoms with Gasteiger partial charge < -0.3 is 4.74 Å². The number of hydrogen-bond acceptors (Lipinski definition) is 3. The van der Waals surface area contributed by atoms with Gasteiger partial charge in [0, 0.05) is 0 Å². The van der Waals surface area contributed by atoms with Gasteiger partial charge >= 0.3 is 0 Å². The van der Waals surface area contributed by atoms with E-state index in [-0.39, 0.29) is 23.7 Å². The van der Waals surface area contributed by atoms with Gasteiger partial charge in [-0.3, -0.25) is 9.59 Å². The normalized spacial score (nSPS) is 17.6. The van der Waals surface area contributed by atoms with Gasteiger partial charge in [0.2, 0.25) is 5.78 Å². The van der Waals surface area contributed by atoms with Gasteiger partial charge in [-0.15, -0.1) is 0 Å². The number of carbonyl (C=O) groups excluding carboxylic acids is 2. The van der Waals surface area contributed by atoms with E-state index >= 15 is 0 Å². The first-order valence-electron chi connectivity index (χ1n) is 3.00. The molecule has 0 saturated heterocycles. The Hall–Kier alpha value is -1.12. The highest BCUT2D eigenvalue weighted by Crippen LogP contribution is 2.15. The first-order valence-corrected chi connectivity index (χ1v) is 3.00. The van der Waals surface area contributed by atoms with Gasteiger partial charge in [-0.25, -0.2) is 0 Å². The minimum absolute atomic E-state index is 0.0285. The summed E-state index contributed by atoms with van der Waals surface area (Å²) in [5.74, 6) is 0.0440. The molecule has 0 amide bonds. The van der Waals surface area contributed by atoms with E-state index in [1.807, 2.05) is 0 Å². The smallest absolute Gasteiger partial charge is 0.207 e. The van der Waals surface area contributed by atoms with E-state index in [1.54, 1.807) is 6.92 Å². The lowest BCUT2D eigenvalue weighted by atomic mass is 10.1. The molecule has 0 N–H and O–H groups in total. The number of hydrogen-bond donors (Lipinski definition) is 0. The molecule has 0 aromatic carbocycles. The third-order valence-corrected chi connectivity index (χ3v) is 1.40. The van der Waals surface area contributed by atoms with Gasteiger partial charge in [0.25, 0.3) is 0 Å². The molecular formula is C7H8O3. The molecule has 1 rings (SSSR count). The molecule has 1 heterocycles. The topological polar surface area (TPSA) is 43.4 Å². The van der Waals surface area contributed by atoms with Crippen molar-refractivity contribution in [2.45, 2.75) is 13.8 Å². The zero-order chi connectivity index (χ0) is 7.72. The quantitative estimate of drug-likeness (QED) is 0.496. The van der Waals surface area contributed by atoms with Crippen molar-refractivity contribution in [2.24, 2.45) is 0 Å². The van der Waals surface area contributed by atoms with Crippen LogP contribution < -0.4 is 0 Å². The Labute approximate surface area is 58.7 Å². The molecule has 0 aromatic rings. The molecule has 54 valence electrons. The van der Waals surface area contributed by atoms with Crippen molar-refractivity contribution in [3.8, 4) is 0 Å². The molecule has 0 unspecified atom stereocenters. The third kappa shape index (κ3) is 0.943. The maximum atomic E-state index is 10.8. The number of Topliss-reactive ketones (excluding diaryl/α,β-unsaturated/α-hetero) is 2. The molecule has 0 fully saturated rings. The monoisotopic (exact) mass is 140 g/mol. The van der Waals surface area contributed by atoms with Crippen molar-refractivity contribution in [3.63, 3.8) is 0 Å². The molecule has 0 radical (unpaired) electrons. The molecule has 3 heteroatoms. The van der Waals surface area contributed by atoms with Crippen LogP contribution in [0.15, 0.2) is 11.3 Å². The third-order valence-electron chi connectivity index (χ3n) is 1.40. The fourth-order valence-electron chi connectivity index (χ4n) is 0.959. The second kappa shape index (κ2) is 2.25. The SMILES string of the molecule is CC(=O)C1=C(C)OCC1=O. The summed E-state index contributed by atoms with van der Waals surface area (Å²) in [6.45, 7) is 3.02. The minimum Gasteiger partial charge on any atom is -0.489 e. The van der Waals surface area contributed by atoms with Crippen LogP contribution in [0.2, 0.25) is 0 Å². The predicted molar refractivity (Wildman–Crippen MR) is 34.3 cm³/mol. The Morgan fingerprint density at radius 2 is 2.20 bits per heavy atom. The van der Waals surface area contributed by atoms with Crippen molar-refractivity contribution in [2.75, 3.05) is 6.61 Å². The first kappa shape index (κ1) is 6.99. The number of carbonyl (C=O) groups is 2. The van der Waals surface area contributed by atoms with E-state index in [4.69, 9.17) is 4.74 Å². The van der Waals surface area contributed by atoms with E-state index in [2.05, 4.69) is 0 Å². The van der Waals surface area contributed by atoms with E-state index in [1.165, 1.54) is 6.92 Å². The Morgan fingerprint density at radius 1 is 1.60 bits per heavy atom. The summed E-state index contributed by atoms with van der Waals surface area (Å²) in [6.07, 6.45) is 0. The van der Waals surface area contributed by atoms with E-state index < -0.39 is 0 Å². The summed E-state index contributed by atoms with van der Waals surface area (Å²) in [6, 6.07) is 0. The minimum atomic E-state index is -0.208. The summed E-state index contributed by atoms with van der Waals surface area (Å²) in [4.78, 5) is 21.5. The van der Waals surface area contributed by atoms with E-state index in [0.717, 1.165) is 0 Å². The van der Waals surface area contributed by atoms with Crippen LogP contribution in [0.4, 0.5) is 0 Å². The molecule has 0 aliphatic carbocycles. The van der Waals surface area contributed by atoms with Crippen LogP contribution in [0.25, 0.3) is 0 Å². The lowest BCUT2D eigenvalue weighted by molar-refractivity contribution is -0.120. The molecule has 0 bridgehead atoms. The van der Waals surface area contributed by atoms with Crippen molar-refractivity contribution in [1.29, 1.82) is 0 Å². The molecule has 0 atom stereocenters. The highest BCUT2D eigenvalue weighted by molar-refractivity contribution is 6.21. The molecular weight excluding hydrogens is 132 g/mol. The summed E-state index contributed by atoms with van der Waals surface area (Å²) in [5, 5.41) is 0. The van der Waals surface area contributed by atoms with Crippen molar-refractivity contribution in [1.82, 2.24) is 0 Å². The van der Waals surface area contributed by atoms with Crippen LogP contribution in [0.3, 0.4) is 0 Å². The van der Waals surface area contributed by atoms with Gasteiger partial charge in [-0.2, -0.15) is 0 Å². The number of ketones is 2. The molecule has 0 aromatic heterocycles. The van der Waals surface area contributed by atoms with Crippen LogP contribution in [0.5, 0.6) is 0 Å². The number of allylic oxidation sites excluding steroid dienone is 1. The van der Waals surface area contributed by atoms with Crippen LogP contribution in [-0.4, -0.2) is 18.2 Å². The molecule has 0 spiro atoms. The molecule has 1 aliphatic heterocycles. The lowest BCUT2D eigenvalue weighted by Crippen LogP contribution is -2.07. The predicted octanol–water partition coefficient (Wildman–Crippen LogP) is 0.449. The Bertz CT molecular complexity index is 225. The van der Waals surface area contributed by atoms with E-state index in [9.17, 15) is 9.59 Å². The molecule has 1 aliphatic rings. The van der Waals surface area contributed by atoms with Crippen LogP contribution in [-0.2, 0) is 14.3 Å². The molecule has 3 nitrogen and oxygen atoms in total. The molecule has 0 saturated carbocycles. The zero-order valence-electron chi connectivity index (χ0n) is 5.93. The lowest BCUT2D eigenvalue weighted by Gasteiger charge is -1.91. The average Bonchev–Trinajstić information content (AvgIpc) is 2.11. The fourth-order valence-corrected chi connectivity index (χ4v) is 0.959. The summed E-state index contributed by atoms with van der Waals surface area (Å²) in [7, 11) is 0. The van der Waals surface area contributed by atoms with E-state index in [0.29, 0.717) is 5.76 Å². The first-order chi connectivity index (χ1) is 4.63. The number of rotatable bonds is 1. The second-order valence-corrected chi connectivity index (χ2v) is 2.20. The number of ether oxygens (including phenoxy) is 1. The van der Waals surface area contributed by atoms with Gasteiger partial charge in [-0.05, 0) is 13.8 Å². The standard InChI is InChI=1S/C7H8O3/c1-4(8)7-5(2)10-3-6(7)9/h3H2,1-2H3. The van der Waals surface area contributed by atoms with Gasteiger partial charge in [0.1, 0.15) is 11.3 Å². The van der Waals surface area contributed by atoms with Crippen LogP contribution in [0, 0.1) is 0 Å². The highest BCUT2D eigenvalue weighted by Gasteiger charge is 2.24. The summed E-state index contributed by atoms with van der Waals surface area (Å²) in [5.41, 5.74) is 0.222. The fraction of sp³-hybridized carbons (Fsp3) is 0.429. The zero-order valence-corrected chi connectivity index (χ0v) is 5.93. The summed E-state index contributed by atoms with van der Waals surface area (Å²) < 4.78 is 4.85. The van der Waals surface area contributed by atoms with Crippen LogP contribution >= 0.6 is 0 Å². The highest BCUT2D eigenvalue weighted by atomic mass is 16.5. The Kier molecular flexibility index (Phi) is 1.57. The van der Waals surface area contributed by atoms with Crippen molar-refractivity contribution in [3.05, 3.63) is 11.3 Å². The van der Waals surface area contributed by atoms with Crippen molar-refractivity contribution >= 4 is 11.6 Å². The van der Waals surface area contributed by atoms with Crippen molar-refractivity contribution < 1.29 is 14.3 Å². The van der Waals surface area contributed by atoms with Gasteiger partial charge in [0.15, 0.2) is 12.4 Å². The van der Waals surface area contributed by atoms with Gasteiger partial charge in [0.05, 0.1) is 0 Å². The van der Waals surface area contributed by atoms with Crippen LogP contribution in [0.1, 0.15) is 13.8 Å². The maximum absolute atomic E-state index is 10.8. The second-order valence-electron chi connectivity index (χ2n) is 2.20. The Morgan fingerprint density at radius 3 is 2.40 bits per heavy atom. The van der Waals surface area contributed by atoms with Gasteiger partial charge in [-0.1, -0.05) is 0 Å². The molecule has 10 heavy (non-hydrogen) atoms. The Balaban J connectivity index is 2.99. The largest absolute Gasteiger partial charge is 0.489 e. The maximum Gasteiger partial charge on any atom is 0.207 e. The summed E-state index contributed by atoms with van der Waals surface area (Å²) >= 11 is 0.